The van der Waals surface area contributed by atoms with Crippen molar-refractivity contribution in [3.05, 3.63) is 170 Å². The Hall–Kier alpha value is -6.18. The van der Waals surface area contributed by atoms with Crippen LogP contribution in [0.4, 0.5) is 0 Å². The maximum Gasteiger partial charge on any atom is 0.143 e. The first-order chi connectivity index (χ1) is 23.3. The monoisotopic (exact) mass is 596 g/mol. The third kappa shape index (κ3) is 3.90. The molecule has 10 rings (SSSR count). The summed E-state index contributed by atoms with van der Waals surface area (Å²) < 4.78 is 6.50. The molecule has 0 amide bonds. The van der Waals surface area contributed by atoms with E-state index >= 15 is 0 Å². The largest absolute Gasteiger partial charge is 0.455 e. The van der Waals surface area contributed by atoms with Crippen LogP contribution in [-0.2, 0) is 0 Å². The summed E-state index contributed by atoms with van der Waals surface area (Å²) in [5.74, 6) is 0. The molecule has 0 N–H and O–H groups in total. The highest BCUT2D eigenvalue weighted by molar-refractivity contribution is 6.24. The smallest absolute Gasteiger partial charge is 0.143 e. The molecule has 0 aliphatic carbocycles. The summed E-state index contributed by atoms with van der Waals surface area (Å²) in [6, 6.07) is 61.6. The van der Waals surface area contributed by atoms with Crippen LogP contribution in [0.2, 0.25) is 0 Å². The SMILES string of the molecule is c1ccc(-c2c(-c3c4ccccc4c(-c4ccc5oc6c7ccccc7ccc6c5c4)c4ccccc34)ccc3ccccc23)cc1. The highest BCUT2D eigenvalue weighted by atomic mass is 16.3. The van der Waals surface area contributed by atoms with E-state index in [1.807, 2.05) is 0 Å². The molecule has 0 aliphatic rings. The van der Waals surface area contributed by atoms with Crippen LogP contribution >= 0.6 is 0 Å². The van der Waals surface area contributed by atoms with Gasteiger partial charge in [0.1, 0.15) is 11.2 Å². The molecule has 218 valence electrons. The van der Waals surface area contributed by atoms with E-state index in [1.165, 1.54) is 71.1 Å². The fourth-order valence-electron chi connectivity index (χ4n) is 7.79. The van der Waals surface area contributed by atoms with Crippen LogP contribution in [0, 0.1) is 0 Å². The summed E-state index contributed by atoms with van der Waals surface area (Å²) in [6.07, 6.45) is 0. The van der Waals surface area contributed by atoms with Crippen LogP contribution in [0.25, 0.3) is 98.4 Å². The van der Waals surface area contributed by atoms with Crippen molar-refractivity contribution in [1.82, 2.24) is 0 Å². The van der Waals surface area contributed by atoms with E-state index in [0.29, 0.717) is 0 Å². The minimum atomic E-state index is 0.911. The lowest BCUT2D eigenvalue weighted by Crippen LogP contribution is -1.93. The summed E-state index contributed by atoms with van der Waals surface area (Å²) in [6.45, 7) is 0. The van der Waals surface area contributed by atoms with Gasteiger partial charge in [0.05, 0.1) is 0 Å². The lowest BCUT2D eigenvalue weighted by atomic mass is 9.82. The molecule has 0 atom stereocenters. The molecule has 0 aliphatic heterocycles. The molecule has 0 unspecified atom stereocenters. The molecule has 0 spiro atoms. The first-order valence-corrected chi connectivity index (χ1v) is 16.2. The molecule has 47 heavy (non-hydrogen) atoms. The number of hydrogen-bond acceptors (Lipinski definition) is 1. The molecule has 1 aromatic heterocycles. The Balaban J connectivity index is 1.31. The van der Waals surface area contributed by atoms with Crippen molar-refractivity contribution in [1.29, 1.82) is 0 Å². The maximum atomic E-state index is 6.50. The number of hydrogen-bond donors (Lipinski definition) is 0. The van der Waals surface area contributed by atoms with E-state index < -0.39 is 0 Å². The molecule has 10 aromatic rings. The number of rotatable bonds is 3. The first-order valence-electron chi connectivity index (χ1n) is 16.2. The van der Waals surface area contributed by atoms with Gasteiger partial charge in [0.15, 0.2) is 0 Å². The summed E-state index contributed by atoms with van der Waals surface area (Å²) in [5, 5.41) is 12.1. The zero-order valence-electron chi connectivity index (χ0n) is 25.6. The van der Waals surface area contributed by atoms with Crippen LogP contribution in [0.15, 0.2) is 174 Å². The summed E-state index contributed by atoms with van der Waals surface area (Å²) in [4.78, 5) is 0. The predicted molar refractivity (Wildman–Crippen MR) is 200 cm³/mol. The van der Waals surface area contributed by atoms with Gasteiger partial charge in [-0.3, -0.25) is 0 Å². The van der Waals surface area contributed by atoms with Gasteiger partial charge in [-0.15, -0.1) is 0 Å². The van der Waals surface area contributed by atoms with E-state index in [0.717, 1.165) is 27.3 Å². The quantitative estimate of drug-likeness (QED) is 0.185. The normalized spacial score (nSPS) is 11.8. The van der Waals surface area contributed by atoms with Gasteiger partial charge in [0.2, 0.25) is 0 Å². The van der Waals surface area contributed by atoms with Gasteiger partial charge in [-0.25, -0.2) is 0 Å². The first kappa shape index (κ1) is 26.1. The van der Waals surface area contributed by atoms with E-state index in [-0.39, 0.29) is 0 Å². The fourth-order valence-corrected chi connectivity index (χ4v) is 7.79. The standard InChI is InChI=1S/C46H28O/c1-2-14-31(15-3-1)43-33-16-6-4-12-29(33)23-26-40(43)45-37-20-10-8-18-35(37)44(36-19-9-11-21-38(36)45)32-24-27-42-41(28-32)39-25-22-30-13-5-7-17-34(30)46(39)47-42/h1-28H. The molecular weight excluding hydrogens is 569 g/mol. The van der Waals surface area contributed by atoms with Gasteiger partial charge in [0, 0.05) is 16.2 Å². The van der Waals surface area contributed by atoms with E-state index in [4.69, 9.17) is 4.42 Å². The Labute approximate surface area is 271 Å². The fraction of sp³-hybridized carbons (Fsp3) is 0. The molecule has 9 aromatic carbocycles. The van der Waals surface area contributed by atoms with Gasteiger partial charge in [-0.05, 0) is 89.3 Å². The van der Waals surface area contributed by atoms with Crippen LogP contribution in [0.1, 0.15) is 0 Å². The Morgan fingerprint density at radius 1 is 0.298 bits per heavy atom. The van der Waals surface area contributed by atoms with Crippen molar-refractivity contribution in [2.75, 3.05) is 0 Å². The second-order valence-corrected chi connectivity index (χ2v) is 12.4. The molecule has 0 saturated carbocycles. The number of furan rings is 1. The molecule has 0 saturated heterocycles. The zero-order chi connectivity index (χ0) is 30.9. The maximum absolute atomic E-state index is 6.50. The number of benzene rings is 9. The van der Waals surface area contributed by atoms with Crippen LogP contribution in [-0.4, -0.2) is 0 Å². The minimum Gasteiger partial charge on any atom is -0.455 e. The Bertz CT molecular complexity index is 2780. The van der Waals surface area contributed by atoms with Crippen molar-refractivity contribution in [2.45, 2.75) is 0 Å². The van der Waals surface area contributed by atoms with Crippen LogP contribution < -0.4 is 0 Å². The zero-order valence-corrected chi connectivity index (χ0v) is 25.6. The van der Waals surface area contributed by atoms with E-state index in [9.17, 15) is 0 Å². The number of fused-ring (bicyclic) bond motifs is 8. The van der Waals surface area contributed by atoms with Crippen molar-refractivity contribution in [3.8, 4) is 33.4 Å². The molecule has 1 heteroatoms. The second-order valence-electron chi connectivity index (χ2n) is 12.4. The predicted octanol–water partition coefficient (Wildman–Crippen LogP) is 13.2. The van der Waals surface area contributed by atoms with Crippen molar-refractivity contribution < 1.29 is 4.42 Å². The highest BCUT2D eigenvalue weighted by Crippen LogP contribution is 2.48. The Morgan fingerprint density at radius 2 is 0.851 bits per heavy atom. The van der Waals surface area contributed by atoms with Gasteiger partial charge in [-0.2, -0.15) is 0 Å². The third-order valence-corrected chi connectivity index (χ3v) is 9.84. The van der Waals surface area contributed by atoms with Gasteiger partial charge < -0.3 is 4.42 Å². The van der Waals surface area contributed by atoms with Crippen molar-refractivity contribution >= 4 is 65.0 Å². The molecular formula is C46H28O. The topological polar surface area (TPSA) is 13.1 Å². The third-order valence-electron chi connectivity index (χ3n) is 9.84. The van der Waals surface area contributed by atoms with Gasteiger partial charge in [-0.1, -0.05) is 152 Å². The summed E-state index contributed by atoms with van der Waals surface area (Å²) >= 11 is 0. The summed E-state index contributed by atoms with van der Waals surface area (Å²) in [7, 11) is 0. The minimum absolute atomic E-state index is 0.911. The molecule has 1 nitrogen and oxygen atoms in total. The lowest BCUT2D eigenvalue weighted by molar-refractivity contribution is 0.672. The lowest BCUT2D eigenvalue weighted by Gasteiger charge is -2.21. The molecule has 0 fully saturated rings. The molecule has 1 heterocycles. The highest BCUT2D eigenvalue weighted by Gasteiger charge is 2.21. The molecule has 0 bridgehead atoms. The van der Waals surface area contributed by atoms with Crippen LogP contribution in [0.3, 0.4) is 0 Å². The average molecular weight is 597 g/mol. The molecule has 0 radical (unpaired) electrons. The van der Waals surface area contributed by atoms with E-state index in [1.54, 1.807) is 0 Å². The second kappa shape index (κ2) is 10.2. The van der Waals surface area contributed by atoms with Gasteiger partial charge >= 0.3 is 0 Å². The van der Waals surface area contributed by atoms with Crippen molar-refractivity contribution in [2.24, 2.45) is 0 Å². The van der Waals surface area contributed by atoms with E-state index in [2.05, 4.69) is 170 Å². The summed E-state index contributed by atoms with van der Waals surface area (Å²) in [5.41, 5.74) is 9.31. The van der Waals surface area contributed by atoms with Gasteiger partial charge in [0.25, 0.3) is 0 Å². The van der Waals surface area contributed by atoms with Crippen molar-refractivity contribution in [3.63, 3.8) is 0 Å². The Morgan fingerprint density at radius 3 is 1.55 bits per heavy atom. The van der Waals surface area contributed by atoms with Crippen LogP contribution in [0.5, 0.6) is 0 Å². The average Bonchev–Trinajstić information content (AvgIpc) is 3.52. The Kier molecular flexibility index (Phi) is 5.64.